The molecule has 0 saturated carbocycles. The van der Waals surface area contributed by atoms with E-state index in [0.29, 0.717) is 16.3 Å². The van der Waals surface area contributed by atoms with Crippen LogP contribution in [0.5, 0.6) is 0 Å². The summed E-state index contributed by atoms with van der Waals surface area (Å²) >= 11 is 1.37. The van der Waals surface area contributed by atoms with Crippen LogP contribution in [-0.4, -0.2) is 15.9 Å². The minimum Gasteiger partial charge on any atom is -0.323 e. The number of benzene rings is 1. The Morgan fingerprint density at radius 2 is 2.10 bits per heavy atom. The largest absolute Gasteiger partial charge is 0.323 e. The van der Waals surface area contributed by atoms with Gasteiger partial charge in [0, 0.05) is 10.8 Å². The number of amides is 1. The molecule has 0 fully saturated rings. The second-order valence-electron chi connectivity index (χ2n) is 4.46. The Hall–Kier alpha value is -2.51. The lowest BCUT2D eigenvalue weighted by atomic mass is 10.1. The highest BCUT2D eigenvalue weighted by Gasteiger charge is 2.13. The molecule has 0 saturated heterocycles. The van der Waals surface area contributed by atoms with Crippen LogP contribution in [0, 0.1) is 6.92 Å². The first-order chi connectivity index (χ1) is 10.2. The molecule has 4 N–H and O–H groups in total. The number of thiazole rings is 1. The van der Waals surface area contributed by atoms with E-state index in [1.165, 1.54) is 11.3 Å². The van der Waals surface area contributed by atoms with E-state index in [0.717, 1.165) is 11.1 Å². The van der Waals surface area contributed by atoms with Crippen molar-refractivity contribution >= 4 is 39.0 Å². The van der Waals surface area contributed by atoms with Crippen molar-refractivity contribution in [3.05, 3.63) is 47.1 Å². The second kappa shape index (κ2) is 5.47. The minimum atomic E-state index is -0.313. The Bertz CT molecular complexity index is 814. The van der Waals surface area contributed by atoms with Crippen molar-refractivity contribution in [3.8, 4) is 0 Å². The summed E-state index contributed by atoms with van der Waals surface area (Å²) in [5.74, 6) is 5.21. The van der Waals surface area contributed by atoms with E-state index in [2.05, 4.69) is 20.7 Å². The SMILES string of the molecule is Cc1csc(NC(=O)c2cc(NN)c3ccccc3n2)n1. The Labute approximate surface area is 125 Å². The average Bonchev–Trinajstić information content (AvgIpc) is 2.91. The molecule has 7 heteroatoms. The smallest absolute Gasteiger partial charge is 0.276 e. The summed E-state index contributed by atoms with van der Waals surface area (Å²) in [5, 5.41) is 6.02. The number of carbonyl (C=O) groups excluding carboxylic acids is 1. The molecule has 1 aromatic carbocycles. The van der Waals surface area contributed by atoms with E-state index in [-0.39, 0.29) is 11.6 Å². The lowest BCUT2D eigenvalue weighted by molar-refractivity contribution is 0.102. The molecule has 106 valence electrons. The highest BCUT2D eigenvalue weighted by Crippen LogP contribution is 2.23. The zero-order valence-electron chi connectivity index (χ0n) is 11.3. The summed E-state index contributed by atoms with van der Waals surface area (Å²) in [6.45, 7) is 1.87. The van der Waals surface area contributed by atoms with Crippen molar-refractivity contribution < 1.29 is 4.79 Å². The van der Waals surface area contributed by atoms with Gasteiger partial charge in [-0.2, -0.15) is 0 Å². The molecule has 0 aliphatic heterocycles. The minimum absolute atomic E-state index is 0.287. The van der Waals surface area contributed by atoms with Gasteiger partial charge in [-0.3, -0.25) is 16.0 Å². The van der Waals surface area contributed by atoms with Gasteiger partial charge in [-0.1, -0.05) is 18.2 Å². The van der Waals surface area contributed by atoms with Crippen LogP contribution in [0.1, 0.15) is 16.2 Å². The van der Waals surface area contributed by atoms with Gasteiger partial charge in [0.25, 0.3) is 5.91 Å². The topological polar surface area (TPSA) is 92.9 Å². The van der Waals surface area contributed by atoms with Crippen molar-refractivity contribution in [2.45, 2.75) is 6.92 Å². The number of carbonyl (C=O) groups is 1. The van der Waals surface area contributed by atoms with Crippen LogP contribution in [0.25, 0.3) is 10.9 Å². The van der Waals surface area contributed by atoms with Gasteiger partial charge in [0.1, 0.15) is 5.69 Å². The van der Waals surface area contributed by atoms with E-state index >= 15 is 0 Å². The predicted molar refractivity (Wildman–Crippen MR) is 84.4 cm³/mol. The van der Waals surface area contributed by atoms with E-state index in [9.17, 15) is 4.79 Å². The second-order valence-corrected chi connectivity index (χ2v) is 5.32. The molecular formula is C14H13N5OS. The fourth-order valence-corrected chi connectivity index (χ4v) is 2.67. The number of anilines is 2. The van der Waals surface area contributed by atoms with Crippen LogP contribution in [0.15, 0.2) is 35.7 Å². The van der Waals surface area contributed by atoms with E-state index in [1.807, 2.05) is 36.6 Å². The number of pyridine rings is 1. The number of aromatic nitrogens is 2. The molecule has 0 aliphatic rings. The van der Waals surface area contributed by atoms with Crippen LogP contribution < -0.4 is 16.6 Å². The van der Waals surface area contributed by atoms with Gasteiger partial charge in [0.2, 0.25) is 0 Å². The van der Waals surface area contributed by atoms with Gasteiger partial charge in [-0.25, -0.2) is 9.97 Å². The molecule has 2 aromatic heterocycles. The zero-order chi connectivity index (χ0) is 14.8. The standard InChI is InChI=1S/C14H13N5OS/c1-8-7-21-14(16-8)18-13(20)12-6-11(19-15)9-4-2-3-5-10(9)17-12/h2-7H,15H2,1H3,(H,17,19)(H,16,18,20). The number of nitrogens with zero attached hydrogens (tertiary/aromatic N) is 2. The first kappa shape index (κ1) is 13.5. The summed E-state index contributed by atoms with van der Waals surface area (Å²) in [5.41, 5.74) is 5.11. The normalized spacial score (nSPS) is 10.6. The molecule has 0 atom stereocenters. The highest BCUT2D eigenvalue weighted by molar-refractivity contribution is 7.13. The number of rotatable bonds is 3. The fraction of sp³-hybridized carbons (Fsp3) is 0.0714. The van der Waals surface area contributed by atoms with E-state index in [4.69, 9.17) is 5.84 Å². The zero-order valence-corrected chi connectivity index (χ0v) is 12.1. The Balaban J connectivity index is 1.98. The van der Waals surface area contributed by atoms with E-state index < -0.39 is 0 Å². The molecule has 0 spiro atoms. The van der Waals surface area contributed by atoms with Crippen LogP contribution in [0.3, 0.4) is 0 Å². The first-order valence-electron chi connectivity index (χ1n) is 6.27. The number of aryl methyl sites for hydroxylation is 1. The number of hydrazine groups is 1. The maximum Gasteiger partial charge on any atom is 0.276 e. The third-order valence-corrected chi connectivity index (χ3v) is 3.82. The van der Waals surface area contributed by atoms with Crippen molar-refractivity contribution in [3.63, 3.8) is 0 Å². The van der Waals surface area contributed by atoms with E-state index in [1.54, 1.807) is 6.07 Å². The van der Waals surface area contributed by atoms with Gasteiger partial charge < -0.3 is 5.43 Å². The molecule has 2 heterocycles. The molecule has 3 rings (SSSR count). The third kappa shape index (κ3) is 2.69. The van der Waals surface area contributed by atoms with Crippen LogP contribution in [-0.2, 0) is 0 Å². The Morgan fingerprint density at radius 1 is 1.29 bits per heavy atom. The van der Waals surface area contributed by atoms with Crippen LogP contribution >= 0.6 is 11.3 Å². The first-order valence-corrected chi connectivity index (χ1v) is 7.15. The van der Waals surface area contributed by atoms with Gasteiger partial charge in [0.05, 0.1) is 16.9 Å². The maximum absolute atomic E-state index is 12.3. The van der Waals surface area contributed by atoms with Crippen molar-refractivity contribution in [1.82, 2.24) is 9.97 Å². The lowest BCUT2D eigenvalue weighted by Crippen LogP contribution is -2.15. The van der Waals surface area contributed by atoms with Gasteiger partial charge in [-0.15, -0.1) is 11.3 Å². The van der Waals surface area contributed by atoms with Gasteiger partial charge in [-0.05, 0) is 19.1 Å². The number of hydrogen-bond acceptors (Lipinski definition) is 6. The average molecular weight is 299 g/mol. The van der Waals surface area contributed by atoms with Crippen LogP contribution in [0.4, 0.5) is 10.8 Å². The summed E-state index contributed by atoms with van der Waals surface area (Å²) in [4.78, 5) is 20.8. The van der Waals surface area contributed by atoms with Crippen LogP contribution in [0.2, 0.25) is 0 Å². The number of nitrogens with one attached hydrogen (secondary N) is 2. The number of nitrogens with two attached hydrogens (primary N) is 1. The number of nitrogen functional groups attached to an aromatic ring is 1. The molecule has 6 nitrogen and oxygen atoms in total. The summed E-state index contributed by atoms with van der Waals surface area (Å²) in [6.07, 6.45) is 0. The molecule has 21 heavy (non-hydrogen) atoms. The maximum atomic E-state index is 12.3. The Kier molecular flexibility index (Phi) is 3.51. The number of fused-ring (bicyclic) bond motifs is 1. The molecule has 3 aromatic rings. The summed E-state index contributed by atoms with van der Waals surface area (Å²) < 4.78 is 0. The molecule has 0 aliphatic carbocycles. The van der Waals surface area contributed by atoms with Gasteiger partial charge >= 0.3 is 0 Å². The van der Waals surface area contributed by atoms with Crippen molar-refractivity contribution in [1.29, 1.82) is 0 Å². The number of hydrogen-bond donors (Lipinski definition) is 3. The van der Waals surface area contributed by atoms with Gasteiger partial charge in [0.15, 0.2) is 5.13 Å². The monoisotopic (exact) mass is 299 g/mol. The Morgan fingerprint density at radius 3 is 2.81 bits per heavy atom. The highest BCUT2D eigenvalue weighted by atomic mass is 32.1. The van der Waals surface area contributed by atoms with Crippen molar-refractivity contribution in [2.24, 2.45) is 5.84 Å². The molecule has 0 bridgehead atoms. The molecular weight excluding hydrogens is 286 g/mol. The fourth-order valence-electron chi connectivity index (χ4n) is 1.98. The number of para-hydroxylation sites is 1. The predicted octanol–water partition coefficient (Wildman–Crippen LogP) is 2.54. The third-order valence-electron chi connectivity index (χ3n) is 2.94. The summed E-state index contributed by atoms with van der Waals surface area (Å²) in [6, 6.07) is 9.10. The molecule has 0 unspecified atom stereocenters. The quantitative estimate of drug-likeness (QED) is 0.510. The molecule has 0 radical (unpaired) electrons. The lowest BCUT2D eigenvalue weighted by Gasteiger charge is -2.08. The molecule has 1 amide bonds. The summed E-state index contributed by atoms with van der Waals surface area (Å²) in [7, 11) is 0. The van der Waals surface area contributed by atoms with Crippen molar-refractivity contribution in [2.75, 3.05) is 10.7 Å².